The Bertz CT molecular complexity index is 1380. The van der Waals surface area contributed by atoms with Crippen LogP contribution in [0.3, 0.4) is 0 Å². The molecule has 0 saturated heterocycles. The van der Waals surface area contributed by atoms with Gasteiger partial charge in [-0.05, 0) is 72.9 Å². The van der Waals surface area contributed by atoms with E-state index >= 15 is 0 Å². The Morgan fingerprint density at radius 2 is 1.73 bits per heavy atom. The molecule has 1 heterocycles. The molecule has 5 rings (SSSR count). The third-order valence-corrected chi connectivity index (χ3v) is 6.87. The molecule has 1 saturated carbocycles. The number of H-pyrrole nitrogens is 1. The number of fused-ring (bicyclic) bond motifs is 1. The highest BCUT2D eigenvalue weighted by Crippen LogP contribution is 2.28. The van der Waals surface area contributed by atoms with E-state index in [1.807, 2.05) is 24.4 Å². The molecule has 0 bridgehead atoms. The van der Waals surface area contributed by atoms with Crippen molar-refractivity contribution in [2.45, 2.75) is 31.8 Å². The summed E-state index contributed by atoms with van der Waals surface area (Å²) in [5.74, 6) is -0.471. The van der Waals surface area contributed by atoms with E-state index in [9.17, 15) is 14.0 Å². The SMILES string of the molecule is O=C(CN(C(=O)Nc1ccc(Cl)cc1)C1CC1)N(CCc1c[nH]c2ccccc12)Cc1ccc(F)cc1. The van der Waals surface area contributed by atoms with Crippen molar-refractivity contribution < 1.29 is 14.0 Å². The number of amides is 3. The van der Waals surface area contributed by atoms with Gasteiger partial charge >= 0.3 is 6.03 Å². The fourth-order valence-electron chi connectivity index (χ4n) is 4.42. The zero-order valence-electron chi connectivity index (χ0n) is 20.3. The molecule has 8 heteroatoms. The number of nitrogens with zero attached hydrogens (tertiary/aromatic N) is 2. The maximum atomic E-state index is 13.6. The minimum Gasteiger partial charge on any atom is -0.361 e. The number of urea groups is 1. The van der Waals surface area contributed by atoms with E-state index in [1.165, 1.54) is 12.1 Å². The number of rotatable bonds is 9. The lowest BCUT2D eigenvalue weighted by molar-refractivity contribution is -0.132. The van der Waals surface area contributed by atoms with Crippen molar-refractivity contribution in [2.24, 2.45) is 0 Å². The van der Waals surface area contributed by atoms with Gasteiger partial charge in [-0.15, -0.1) is 0 Å². The zero-order chi connectivity index (χ0) is 25.8. The second kappa shape index (κ2) is 11.0. The first-order chi connectivity index (χ1) is 18.0. The molecule has 4 aromatic rings. The fraction of sp³-hybridized carbons (Fsp3) is 0.241. The monoisotopic (exact) mass is 518 g/mol. The number of halogens is 2. The Kier molecular flexibility index (Phi) is 7.42. The third kappa shape index (κ3) is 6.30. The first-order valence-corrected chi connectivity index (χ1v) is 12.7. The summed E-state index contributed by atoms with van der Waals surface area (Å²) in [5.41, 5.74) is 3.62. The maximum Gasteiger partial charge on any atom is 0.322 e. The summed E-state index contributed by atoms with van der Waals surface area (Å²) in [7, 11) is 0. The minimum absolute atomic E-state index is 0.0286. The van der Waals surface area contributed by atoms with E-state index in [0.717, 1.165) is 34.9 Å². The molecule has 1 aliphatic rings. The van der Waals surface area contributed by atoms with Crippen molar-refractivity contribution in [3.8, 4) is 0 Å². The van der Waals surface area contributed by atoms with E-state index in [0.29, 0.717) is 30.2 Å². The molecule has 3 amide bonds. The van der Waals surface area contributed by atoms with Gasteiger partial charge < -0.3 is 20.1 Å². The van der Waals surface area contributed by atoms with Crippen LogP contribution in [-0.2, 0) is 17.8 Å². The lowest BCUT2D eigenvalue weighted by Crippen LogP contribution is -2.45. The smallest absolute Gasteiger partial charge is 0.322 e. The van der Waals surface area contributed by atoms with Crippen molar-refractivity contribution >= 4 is 40.1 Å². The number of anilines is 1. The molecule has 1 aromatic heterocycles. The summed E-state index contributed by atoms with van der Waals surface area (Å²) in [5, 5.41) is 4.58. The predicted molar refractivity (Wildman–Crippen MR) is 144 cm³/mol. The number of benzene rings is 3. The van der Waals surface area contributed by atoms with E-state index in [4.69, 9.17) is 11.6 Å². The molecule has 0 radical (unpaired) electrons. The summed E-state index contributed by atoms with van der Waals surface area (Å²) in [6.45, 7) is 0.771. The van der Waals surface area contributed by atoms with Crippen LogP contribution in [0.4, 0.5) is 14.9 Å². The quantitative estimate of drug-likeness (QED) is 0.276. The van der Waals surface area contributed by atoms with Crippen molar-refractivity contribution in [2.75, 3.05) is 18.4 Å². The van der Waals surface area contributed by atoms with Crippen LogP contribution in [0.25, 0.3) is 10.9 Å². The third-order valence-electron chi connectivity index (χ3n) is 6.61. The molecule has 0 spiro atoms. The standard InChI is InChI=1S/C29H28ClFN4O2/c30-22-7-11-24(12-8-22)33-29(37)35(25-13-14-25)19-28(36)34(18-20-5-9-23(31)10-6-20)16-15-21-17-32-27-4-2-1-3-26(21)27/h1-12,17,25,32H,13-16,18-19H2,(H,33,37). The molecule has 3 aromatic carbocycles. The predicted octanol–water partition coefficient (Wildman–Crippen LogP) is 6.23. The van der Waals surface area contributed by atoms with Gasteiger partial charge in [0.15, 0.2) is 0 Å². The summed E-state index contributed by atoms with van der Waals surface area (Å²) < 4.78 is 13.5. The molecular formula is C29H28ClFN4O2. The van der Waals surface area contributed by atoms with E-state index in [1.54, 1.807) is 46.2 Å². The lowest BCUT2D eigenvalue weighted by atomic mass is 10.1. The topological polar surface area (TPSA) is 68.4 Å². The molecule has 0 aliphatic heterocycles. The second-order valence-corrected chi connectivity index (χ2v) is 9.78. The molecule has 6 nitrogen and oxygen atoms in total. The number of para-hydroxylation sites is 1. The first kappa shape index (κ1) is 24.8. The maximum absolute atomic E-state index is 13.6. The minimum atomic E-state index is -0.320. The number of hydrogen-bond donors (Lipinski definition) is 2. The van der Waals surface area contributed by atoms with Crippen molar-refractivity contribution in [1.29, 1.82) is 0 Å². The highest BCUT2D eigenvalue weighted by atomic mass is 35.5. The number of carbonyl (C=O) groups is 2. The number of carbonyl (C=O) groups excluding carboxylic acids is 2. The van der Waals surface area contributed by atoms with Crippen LogP contribution >= 0.6 is 11.6 Å². The van der Waals surface area contributed by atoms with Crippen LogP contribution in [0.5, 0.6) is 0 Å². The zero-order valence-corrected chi connectivity index (χ0v) is 21.0. The Balaban J connectivity index is 1.31. The number of aromatic amines is 1. The van der Waals surface area contributed by atoms with Gasteiger partial charge in [0.05, 0.1) is 0 Å². The lowest BCUT2D eigenvalue weighted by Gasteiger charge is -2.28. The Hall–Kier alpha value is -3.84. The van der Waals surface area contributed by atoms with Gasteiger partial charge in [0.25, 0.3) is 0 Å². The average Bonchev–Trinajstić information content (AvgIpc) is 3.66. The molecule has 0 unspecified atom stereocenters. The van der Waals surface area contributed by atoms with Gasteiger partial charge in [0, 0.05) is 46.9 Å². The van der Waals surface area contributed by atoms with Gasteiger partial charge in [-0.1, -0.05) is 41.9 Å². The van der Waals surface area contributed by atoms with Gasteiger partial charge in [-0.25, -0.2) is 9.18 Å². The van der Waals surface area contributed by atoms with Crippen LogP contribution in [0, 0.1) is 5.82 Å². The highest BCUT2D eigenvalue weighted by Gasteiger charge is 2.35. The van der Waals surface area contributed by atoms with E-state index in [-0.39, 0.29) is 30.3 Å². The van der Waals surface area contributed by atoms with Gasteiger partial charge in [-0.3, -0.25) is 4.79 Å². The number of aromatic nitrogens is 1. The average molecular weight is 519 g/mol. The molecule has 190 valence electrons. The van der Waals surface area contributed by atoms with Crippen LogP contribution in [0.15, 0.2) is 79.0 Å². The van der Waals surface area contributed by atoms with Crippen molar-refractivity contribution in [3.63, 3.8) is 0 Å². The van der Waals surface area contributed by atoms with Gasteiger partial charge in [-0.2, -0.15) is 0 Å². The van der Waals surface area contributed by atoms with Crippen LogP contribution in [0.2, 0.25) is 5.02 Å². The van der Waals surface area contributed by atoms with E-state index < -0.39 is 0 Å². The largest absolute Gasteiger partial charge is 0.361 e. The summed E-state index contributed by atoms with van der Waals surface area (Å²) in [6.07, 6.45) is 4.36. The van der Waals surface area contributed by atoms with Crippen molar-refractivity contribution in [1.82, 2.24) is 14.8 Å². The number of nitrogens with one attached hydrogen (secondary N) is 2. The Morgan fingerprint density at radius 3 is 2.46 bits per heavy atom. The summed E-state index contributed by atoms with van der Waals surface area (Å²) in [6, 6.07) is 20.8. The van der Waals surface area contributed by atoms with Gasteiger partial charge in [0.1, 0.15) is 12.4 Å². The normalized spacial score (nSPS) is 12.9. The summed E-state index contributed by atoms with van der Waals surface area (Å²) in [4.78, 5) is 33.3. The van der Waals surface area contributed by atoms with Crippen LogP contribution in [-0.4, -0.2) is 45.9 Å². The first-order valence-electron chi connectivity index (χ1n) is 12.4. The molecular weight excluding hydrogens is 491 g/mol. The Labute approximate surface area is 220 Å². The highest BCUT2D eigenvalue weighted by molar-refractivity contribution is 6.30. The Morgan fingerprint density at radius 1 is 1.00 bits per heavy atom. The fourth-order valence-corrected chi connectivity index (χ4v) is 4.55. The van der Waals surface area contributed by atoms with Crippen LogP contribution in [0.1, 0.15) is 24.0 Å². The number of hydrogen-bond acceptors (Lipinski definition) is 2. The van der Waals surface area contributed by atoms with Crippen LogP contribution < -0.4 is 5.32 Å². The molecule has 0 atom stereocenters. The molecule has 1 aliphatic carbocycles. The van der Waals surface area contributed by atoms with Gasteiger partial charge in [0.2, 0.25) is 5.91 Å². The second-order valence-electron chi connectivity index (χ2n) is 9.35. The molecule has 37 heavy (non-hydrogen) atoms. The molecule has 1 fully saturated rings. The molecule has 2 N–H and O–H groups in total. The van der Waals surface area contributed by atoms with Crippen molar-refractivity contribution in [3.05, 3.63) is 101 Å². The van der Waals surface area contributed by atoms with E-state index in [2.05, 4.69) is 16.4 Å². The summed E-state index contributed by atoms with van der Waals surface area (Å²) >= 11 is 5.95.